The van der Waals surface area contributed by atoms with E-state index >= 15 is 0 Å². The Balaban J connectivity index is 1.48. The molecule has 23 heavy (non-hydrogen) atoms. The molecule has 7 nitrogen and oxygen atoms in total. The van der Waals surface area contributed by atoms with Crippen molar-refractivity contribution in [2.24, 2.45) is 0 Å². The van der Waals surface area contributed by atoms with Gasteiger partial charge in [-0.25, -0.2) is 0 Å². The largest absolute Gasteiger partial charge is 0.377 e. The molecule has 0 saturated heterocycles. The van der Waals surface area contributed by atoms with Gasteiger partial charge in [0.15, 0.2) is 5.65 Å². The van der Waals surface area contributed by atoms with E-state index in [0.29, 0.717) is 30.2 Å². The Labute approximate surface area is 133 Å². The van der Waals surface area contributed by atoms with Crippen LogP contribution in [0.2, 0.25) is 0 Å². The van der Waals surface area contributed by atoms with Crippen LogP contribution in [-0.4, -0.2) is 40.4 Å². The molecule has 2 heterocycles. The van der Waals surface area contributed by atoms with E-state index in [0.717, 1.165) is 18.5 Å². The second-order valence-corrected chi connectivity index (χ2v) is 5.34. The zero-order valence-corrected chi connectivity index (χ0v) is 13.0. The first-order chi connectivity index (χ1) is 11.2. The third-order valence-corrected chi connectivity index (χ3v) is 3.56. The molecule has 0 aliphatic heterocycles. The minimum atomic E-state index is -0.189. The number of hydrogen-bond donors (Lipinski definition) is 2. The standard InChI is InChI=1S/C16H19N5O2/c1-21(8-5-9-23-11-12-6-3-2-4-7-12)16-18-14-13(10-17-20-14)15(22)19-16/h2-4,6-7,10H,5,8-9,11H2,1H3,(H2,17,18,19,20,22). The van der Waals surface area contributed by atoms with Crippen molar-refractivity contribution in [3.63, 3.8) is 0 Å². The molecule has 0 saturated carbocycles. The second-order valence-electron chi connectivity index (χ2n) is 5.34. The molecule has 0 spiro atoms. The van der Waals surface area contributed by atoms with E-state index in [4.69, 9.17) is 4.74 Å². The summed E-state index contributed by atoms with van der Waals surface area (Å²) in [5, 5.41) is 7.02. The highest BCUT2D eigenvalue weighted by atomic mass is 16.5. The predicted octanol–water partition coefficient (Wildman–Crippen LogP) is 1.69. The summed E-state index contributed by atoms with van der Waals surface area (Å²) in [4.78, 5) is 20.9. The Morgan fingerprint density at radius 3 is 2.91 bits per heavy atom. The number of benzene rings is 1. The Kier molecular flexibility index (Phi) is 4.68. The minimum Gasteiger partial charge on any atom is -0.377 e. The molecule has 120 valence electrons. The first kappa shape index (κ1) is 15.2. The summed E-state index contributed by atoms with van der Waals surface area (Å²) in [6.07, 6.45) is 2.32. The molecule has 7 heteroatoms. The molecular weight excluding hydrogens is 294 g/mol. The van der Waals surface area contributed by atoms with Gasteiger partial charge in [0.2, 0.25) is 5.95 Å². The second kappa shape index (κ2) is 7.06. The van der Waals surface area contributed by atoms with Crippen LogP contribution in [0.25, 0.3) is 11.0 Å². The van der Waals surface area contributed by atoms with E-state index in [1.54, 1.807) is 0 Å². The number of nitrogens with one attached hydrogen (secondary N) is 2. The van der Waals surface area contributed by atoms with Crippen molar-refractivity contribution >= 4 is 17.0 Å². The number of anilines is 1. The summed E-state index contributed by atoms with van der Waals surface area (Å²) in [5.41, 5.74) is 1.47. The number of rotatable bonds is 7. The summed E-state index contributed by atoms with van der Waals surface area (Å²) >= 11 is 0. The normalized spacial score (nSPS) is 11.0. The average molecular weight is 313 g/mol. The summed E-state index contributed by atoms with van der Waals surface area (Å²) in [7, 11) is 1.89. The molecule has 0 bridgehead atoms. The molecule has 1 aromatic carbocycles. The molecule has 2 N–H and O–H groups in total. The number of H-pyrrole nitrogens is 2. The lowest BCUT2D eigenvalue weighted by atomic mass is 10.2. The third-order valence-electron chi connectivity index (χ3n) is 3.56. The summed E-state index contributed by atoms with van der Waals surface area (Å²) in [6, 6.07) is 10.1. The van der Waals surface area contributed by atoms with Crippen LogP contribution >= 0.6 is 0 Å². The zero-order valence-electron chi connectivity index (χ0n) is 13.0. The van der Waals surface area contributed by atoms with Crippen molar-refractivity contribution in [1.29, 1.82) is 0 Å². The summed E-state index contributed by atoms with van der Waals surface area (Å²) in [5.74, 6) is 0.523. The van der Waals surface area contributed by atoms with Crippen LogP contribution in [0.5, 0.6) is 0 Å². The smallest absolute Gasteiger partial charge is 0.263 e. The number of ether oxygens (including phenoxy) is 1. The van der Waals surface area contributed by atoms with E-state index < -0.39 is 0 Å². The molecule has 2 aromatic heterocycles. The van der Waals surface area contributed by atoms with Crippen molar-refractivity contribution in [2.75, 3.05) is 25.1 Å². The molecule has 0 fully saturated rings. The lowest BCUT2D eigenvalue weighted by Gasteiger charge is -2.17. The molecule has 0 atom stereocenters. The monoisotopic (exact) mass is 313 g/mol. The van der Waals surface area contributed by atoms with Gasteiger partial charge in [0, 0.05) is 20.2 Å². The lowest BCUT2D eigenvalue weighted by molar-refractivity contribution is 0.119. The number of nitrogens with zero attached hydrogens (tertiary/aromatic N) is 3. The van der Waals surface area contributed by atoms with Crippen molar-refractivity contribution in [3.05, 3.63) is 52.4 Å². The van der Waals surface area contributed by atoms with Crippen molar-refractivity contribution in [2.45, 2.75) is 13.0 Å². The fourth-order valence-electron chi connectivity index (χ4n) is 2.29. The third kappa shape index (κ3) is 3.75. The van der Waals surface area contributed by atoms with E-state index in [2.05, 4.69) is 20.2 Å². The van der Waals surface area contributed by atoms with Gasteiger partial charge in [-0.2, -0.15) is 10.1 Å². The highest BCUT2D eigenvalue weighted by molar-refractivity contribution is 5.73. The first-order valence-electron chi connectivity index (χ1n) is 7.50. The molecular formula is C16H19N5O2. The van der Waals surface area contributed by atoms with Crippen LogP contribution in [0, 0.1) is 0 Å². The number of aromatic nitrogens is 4. The zero-order chi connectivity index (χ0) is 16.1. The SMILES string of the molecule is CN(CCCOCc1ccccc1)c1nc2[nH]ncc2c(=O)[nH]1. The van der Waals surface area contributed by atoms with Gasteiger partial charge in [-0.3, -0.25) is 14.9 Å². The van der Waals surface area contributed by atoms with Gasteiger partial charge in [0.25, 0.3) is 5.56 Å². The molecule has 0 unspecified atom stereocenters. The van der Waals surface area contributed by atoms with Crippen LogP contribution in [0.4, 0.5) is 5.95 Å². The highest BCUT2D eigenvalue weighted by Crippen LogP contribution is 2.08. The maximum Gasteiger partial charge on any atom is 0.263 e. The van der Waals surface area contributed by atoms with Crippen LogP contribution in [0.15, 0.2) is 41.3 Å². The van der Waals surface area contributed by atoms with Gasteiger partial charge in [-0.05, 0) is 12.0 Å². The Hall–Kier alpha value is -2.67. The maximum atomic E-state index is 11.9. The fraction of sp³-hybridized carbons (Fsp3) is 0.312. The molecule has 3 rings (SSSR count). The van der Waals surface area contributed by atoms with Gasteiger partial charge < -0.3 is 9.64 Å². The van der Waals surface area contributed by atoms with Gasteiger partial charge in [-0.1, -0.05) is 30.3 Å². The number of hydrogen-bond acceptors (Lipinski definition) is 5. The van der Waals surface area contributed by atoms with Gasteiger partial charge >= 0.3 is 0 Å². The first-order valence-corrected chi connectivity index (χ1v) is 7.50. The molecule has 0 aliphatic rings. The van der Waals surface area contributed by atoms with Crippen LogP contribution in [-0.2, 0) is 11.3 Å². The molecule has 0 radical (unpaired) electrons. The van der Waals surface area contributed by atoms with E-state index in [-0.39, 0.29) is 5.56 Å². The average Bonchev–Trinajstić information content (AvgIpc) is 3.04. The van der Waals surface area contributed by atoms with E-state index in [1.165, 1.54) is 6.20 Å². The summed E-state index contributed by atoms with van der Waals surface area (Å²) < 4.78 is 5.65. The van der Waals surface area contributed by atoms with Crippen LogP contribution < -0.4 is 10.5 Å². The van der Waals surface area contributed by atoms with Crippen LogP contribution in [0.3, 0.4) is 0 Å². The van der Waals surface area contributed by atoms with E-state index in [9.17, 15) is 4.79 Å². The number of aromatic amines is 2. The molecule has 0 aliphatic carbocycles. The Morgan fingerprint density at radius 2 is 2.09 bits per heavy atom. The van der Waals surface area contributed by atoms with Gasteiger partial charge in [0.1, 0.15) is 5.39 Å². The van der Waals surface area contributed by atoms with Crippen molar-refractivity contribution in [1.82, 2.24) is 20.2 Å². The highest BCUT2D eigenvalue weighted by Gasteiger charge is 2.08. The molecule has 3 aromatic rings. The number of fused-ring (bicyclic) bond motifs is 1. The van der Waals surface area contributed by atoms with Gasteiger partial charge in [0.05, 0.1) is 12.8 Å². The van der Waals surface area contributed by atoms with Crippen molar-refractivity contribution < 1.29 is 4.74 Å². The fourth-order valence-corrected chi connectivity index (χ4v) is 2.29. The molecule has 0 amide bonds. The Bertz CT molecular complexity index is 812. The van der Waals surface area contributed by atoms with Crippen LogP contribution in [0.1, 0.15) is 12.0 Å². The van der Waals surface area contributed by atoms with Crippen molar-refractivity contribution in [3.8, 4) is 0 Å². The lowest BCUT2D eigenvalue weighted by Crippen LogP contribution is -2.25. The maximum absolute atomic E-state index is 11.9. The minimum absolute atomic E-state index is 0.189. The predicted molar refractivity (Wildman–Crippen MR) is 88.5 cm³/mol. The topological polar surface area (TPSA) is 86.9 Å². The quantitative estimate of drug-likeness (QED) is 0.648. The van der Waals surface area contributed by atoms with Gasteiger partial charge in [-0.15, -0.1) is 0 Å². The Morgan fingerprint density at radius 1 is 1.26 bits per heavy atom. The summed E-state index contributed by atoms with van der Waals surface area (Å²) in [6.45, 7) is 1.99. The van der Waals surface area contributed by atoms with E-state index in [1.807, 2.05) is 42.3 Å².